The molecule has 0 fully saturated rings. The zero-order chi connectivity index (χ0) is 59.8. The number of aromatic nitrogens is 3. The van der Waals surface area contributed by atoms with Crippen LogP contribution < -0.4 is 5.32 Å². The number of nitrogens with zero attached hydrogens (tertiary/aromatic N) is 3. The van der Waals surface area contributed by atoms with E-state index in [4.69, 9.17) is 0 Å². The molecule has 4 nitrogen and oxygen atoms in total. The fourth-order valence-electron chi connectivity index (χ4n) is 15.1. The second-order valence-electron chi connectivity index (χ2n) is 25.0. The van der Waals surface area contributed by atoms with Crippen molar-refractivity contribution in [2.75, 3.05) is 5.32 Å². The van der Waals surface area contributed by atoms with Crippen molar-refractivity contribution in [2.24, 2.45) is 0 Å². The van der Waals surface area contributed by atoms with Gasteiger partial charge in [-0.2, -0.15) is 0 Å². The predicted octanol–water partition coefficient (Wildman–Crippen LogP) is 23.2. The second-order valence-corrected chi connectivity index (χ2v) is 25.0. The van der Waals surface area contributed by atoms with Crippen molar-refractivity contribution in [2.45, 2.75) is 26.2 Å². The highest BCUT2D eigenvalue weighted by Crippen LogP contribution is 2.52. The van der Waals surface area contributed by atoms with Crippen LogP contribution in [0, 0.1) is 6.92 Å². The Morgan fingerprint density at radius 2 is 0.700 bits per heavy atom. The summed E-state index contributed by atoms with van der Waals surface area (Å²) in [5, 5.41) is 13.6. The largest absolute Gasteiger partial charge is 0.355 e. The summed E-state index contributed by atoms with van der Waals surface area (Å²) in [4.78, 5) is 0. The maximum absolute atomic E-state index is 3.82. The van der Waals surface area contributed by atoms with Gasteiger partial charge in [0.2, 0.25) is 0 Å². The van der Waals surface area contributed by atoms with E-state index in [2.05, 4.69) is 343 Å². The van der Waals surface area contributed by atoms with E-state index in [9.17, 15) is 0 Å². The average molecular weight is 1150 g/mol. The fourth-order valence-corrected chi connectivity index (χ4v) is 15.1. The first-order valence-electron chi connectivity index (χ1n) is 31.3. The van der Waals surface area contributed by atoms with Crippen molar-refractivity contribution in [1.29, 1.82) is 0 Å². The van der Waals surface area contributed by atoms with Crippen LogP contribution >= 0.6 is 0 Å². The number of fused-ring (bicyclic) bond motifs is 13. The number of para-hydroxylation sites is 3. The number of aryl methyl sites for hydroxylation is 1. The van der Waals surface area contributed by atoms with Gasteiger partial charge in [-0.1, -0.05) is 196 Å². The quantitative estimate of drug-likeness (QED) is 0.153. The minimum absolute atomic E-state index is 0.108. The lowest BCUT2D eigenvalue weighted by molar-refractivity contribution is 0.661. The van der Waals surface area contributed by atoms with Gasteiger partial charge in [0.25, 0.3) is 0 Å². The first-order valence-corrected chi connectivity index (χ1v) is 31.3. The van der Waals surface area contributed by atoms with E-state index in [0.29, 0.717) is 0 Å². The third-order valence-electron chi connectivity index (χ3n) is 19.5. The maximum Gasteiger partial charge on any atom is 0.0547 e. The van der Waals surface area contributed by atoms with Gasteiger partial charge in [0.05, 0.1) is 33.1 Å². The Labute approximate surface area is 522 Å². The molecular weight excluding hydrogens is 1090 g/mol. The van der Waals surface area contributed by atoms with Crippen molar-refractivity contribution >= 4 is 87.6 Å². The van der Waals surface area contributed by atoms with Crippen LogP contribution in [-0.4, -0.2) is 13.7 Å². The van der Waals surface area contributed by atoms with E-state index in [1.54, 1.807) is 0 Å². The highest BCUT2D eigenvalue weighted by atomic mass is 15.0. The molecule has 3 heterocycles. The molecule has 0 saturated carbocycles. The van der Waals surface area contributed by atoms with Crippen LogP contribution in [0.5, 0.6) is 0 Å². The maximum atomic E-state index is 3.82. The summed E-state index contributed by atoms with van der Waals surface area (Å²) in [5.74, 6) is 0. The van der Waals surface area contributed by atoms with E-state index in [1.807, 2.05) is 0 Å². The predicted molar refractivity (Wildman–Crippen MR) is 381 cm³/mol. The number of hydrogen-bond acceptors (Lipinski definition) is 1. The second kappa shape index (κ2) is 20.0. The van der Waals surface area contributed by atoms with Gasteiger partial charge in [-0.05, 0) is 206 Å². The fraction of sp³-hybridized carbons (Fsp3) is 0.0465. The number of rotatable bonds is 9. The molecule has 1 aliphatic rings. The lowest BCUT2D eigenvalue weighted by Crippen LogP contribution is -2.14. The summed E-state index contributed by atoms with van der Waals surface area (Å²) in [6.07, 6.45) is 0. The van der Waals surface area contributed by atoms with Crippen LogP contribution in [0.15, 0.2) is 303 Å². The Morgan fingerprint density at radius 3 is 1.27 bits per heavy atom. The Balaban J connectivity index is 0.759. The molecule has 0 saturated heterocycles. The number of anilines is 2. The first-order chi connectivity index (χ1) is 44.3. The molecule has 0 amide bonds. The molecule has 0 radical (unpaired) electrons. The zero-order valence-electron chi connectivity index (χ0n) is 50.2. The molecule has 0 atom stereocenters. The Kier molecular flexibility index (Phi) is 11.5. The average Bonchev–Trinajstić information content (AvgIpc) is 1.57. The molecule has 1 aliphatic carbocycles. The minimum atomic E-state index is -0.108. The van der Waals surface area contributed by atoms with E-state index < -0.39 is 0 Å². The van der Waals surface area contributed by atoms with Crippen molar-refractivity contribution in [3.05, 3.63) is 320 Å². The zero-order valence-corrected chi connectivity index (χ0v) is 50.2. The molecule has 17 aromatic rings. The topological polar surface area (TPSA) is 26.8 Å². The van der Waals surface area contributed by atoms with Crippen LogP contribution in [0.2, 0.25) is 0 Å². The van der Waals surface area contributed by atoms with Gasteiger partial charge in [0.1, 0.15) is 0 Å². The Morgan fingerprint density at radius 1 is 0.267 bits per heavy atom. The molecule has 4 heteroatoms. The van der Waals surface area contributed by atoms with Gasteiger partial charge in [-0.3, -0.25) is 0 Å². The van der Waals surface area contributed by atoms with Gasteiger partial charge in [0.15, 0.2) is 0 Å². The third kappa shape index (κ3) is 8.08. The smallest absolute Gasteiger partial charge is 0.0547 e. The Hall–Kier alpha value is -11.5. The van der Waals surface area contributed by atoms with E-state index in [-0.39, 0.29) is 5.41 Å². The van der Waals surface area contributed by atoms with E-state index >= 15 is 0 Å². The van der Waals surface area contributed by atoms with Crippen molar-refractivity contribution in [3.8, 4) is 72.7 Å². The SMILES string of the molecule is Cc1ccccc1-c1cc(-c2ccc3c(c2)c2ccc(-c4ccc5c6cc(-c7ccc8c(c7)c7cc9c(cc7n8-c7ccccc7)C(C)(C)c7ccccc7-9)ccc6n(-c6ccccc6)c5c4)cc2n3-c2ccccc2)ccc1Nc1ccc2ccccc2c1. The van der Waals surface area contributed by atoms with Crippen LogP contribution in [0.1, 0.15) is 30.5 Å². The minimum Gasteiger partial charge on any atom is -0.355 e. The summed E-state index contributed by atoms with van der Waals surface area (Å²) >= 11 is 0. The van der Waals surface area contributed by atoms with Crippen LogP contribution in [0.25, 0.3) is 149 Å². The van der Waals surface area contributed by atoms with E-state index in [0.717, 1.165) is 50.6 Å². The van der Waals surface area contributed by atoms with Crippen molar-refractivity contribution in [1.82, 2.24) is 13.7 Å². The van der Waals surface area contributed by atoms with Gasteiger partial charge in [0, 0.05) is 71.7 Å². The van der Waals surface area contributed by atoms with Crippen molar-refractivity contribution in [3.63, 3.8) is 0 Å². The monoisotopic (exact) mass is 1150 g/mol. The number of benzene rings is 14. The standard InChI is InChI=1S/C86H60N4/c1-54-19-13-16-28-67(54)72-46-57(34-41-79(72)87-63-38-31-55-20-14-15-21-56(55)45-63)58-35-42-80-73(47-58)69-39-32-61(50-83(69)88(80)64-22-7-4-8-23-64)62-33-40-70-74-48-59(36-43-81(74)89(84(70)51-62)65-24-9-5-10-25-65)60-37-44-82-75(49-60)76-52-71-68-29-17-18-30-77(68)86(2,3)78(71)53-85(76)90(82)66-26-11-6-12-27-66/h4-53,87H,1-3H3. The molecule has 0 aliphatic heterocycles. The molecule has 18 rings (SSSR count). The molecule has 0 unspecified atom stereocenters. The van der Waals surface area contributed by atoms with Crippen LogP contribution in [0.3, 0.4) is 0 Å². The number of nitrogens with one attached hydrogen (secondary N) is 1. The third-order valence-corrected chi connectivity index (χ3v) is 19.5. The molecule has 0 spiro atoms. The van der Waals surface area contributed by atoms with Gasteiger partial charge in [-0.15, -0.1) is 0 Å². The van der Waals surface area contributed by atoms with Crippen molar-refractivity contribution < 1.29 is 0 Å². The highest BCUT2D eigenvalue weighted by Gasteiger charge is 2.36. The lowest BCUT2D eigenvalue weighted by Gasteiger charge is -2.21. The highest BCUT2D eigenvalue weighted by molar-refractivity contribution is 6.16. The van der Waals surface area contributed by atoms with Crippen LogP contribution in [0.4, 0.5) is 11.4 Å². The summed E-state index contributed by atoms with van der Waals surface area (Å²) in [5.41, 5.74) is 28.6. The first kappa shape index (κ1) is 51.7. The molecule has 424 valence electrons. The summed E-state index contributed by atoms with van der Waals surface area (Å²) in [6.45, 7) is 6.95. The van der Waals surface area contributed by atoms with E-state index in [1.165, 1.54) is 126 Å². The molecule has 0 bridgehead atoms. The van der Waals surface area contributed by atoms with Gasteiger partial charge >= 0.3 is 0 Å². The molecule has 90 heavy (non-hydrogen) atoms. The summed E-state index contributed by atoms with van der Waals surface area (Å²) < 4.78 is 7.36. The molecular formula is C86H60N4. The lowest BCUT2D eigenvalue weighted by atomic mass is 9.82. The molecule has 14 aromatic carbocycles. The summed E-state index contributed by atoms with van der Waals surface area (Å²) in [7, 11) is 0. The normalized spacial score (nSPS) is 12.7. The summed E-state index contributed by atoms with van der Waals surface area (Å²) in [6, 6.07) is 113. The Bertz CT molecular complexity index is 5780. The number of hydrogen-bond donors (Lipinski definition) is 1. The molecule has 1 N–H and O–H groups in total. The van der Waals surface area contributed by atoms with Crippen LogP contribution in [-0.2, 0) is 5.41 Å². The van der Waals surface area contributed by atoms with Gasteiger partial charge < -0.3 is 19.0 Å². The molecule has 3 aromatic heterocycles. The van der Waals surface area contributed by atoms with Gasteiger partial charge in [-0.25, -0.2) is 0 Å².